The first kappa shape index (κ1) is 16.5. The molecule has 0 aliphatic heterocycles. The van der Waals surface area contributed by atoms with E-state index in [1.807, 2.05) is 0 Å². The van der Waals surface area contributed by atoms with Crippen molar-refractivity contribution in [1.82, 2.24) is 0 Å². The Labute approximate surface area is 123 Å². The van der Waals surface area contributed by atoms with Crippen LogP contribution >= 0.6 is 11.6 Å². The van der Waals surface area contributed by atoms with Crippen LogP contribution in [0.1, 0.15) is 42.7 Å². The fourth-order valence-electron chi connectivity index (χ4n) is 1.58. The highest BCUT2D eigenvalue weighted by molar-refractivity contribution is 6.30. The van der Waals surface area contributed by atoms with E-state index in [1.165, 1.54) is 25.3 Å². The maximum absolute atomic E-state index is 12.0. The quantitative estimate of drug-likeness (QED) is 0.867. The highest BCUT2D eigenvalue weighted by Gasteiger charge is 2.27. The summed E-state index contributed by atoms with van der Waals surface area (Å²) in [4.78, 5) is 23.7. The van der Waals surface area contributed by atoms with Crippen LogP contribution in [0, 0.1) is 0 Å². The molecule has 0 saturated carbocycles. The Morgan fingerprint density at radius 1 is 1.30 bits per heavy atom. The van der Waals surface area contributed by atoms with E-state index in [0.717, 1.165) is 0 Å². The molecule has 0 amide bonds. The maximum Gasteiger partial charge on any atom is 0.338 e. The van der Waals surface area contributed by atoms with Gasteiger partial charge in [0.25, 0.3) is 0 Å². The van der Waals surface area contributed by atoms with Crippen molar-refractivity contribution in [3.63, 3.8) is 0 Å². The first-order valence-corrected chi connectivity index (χ1v) is 6.39. The van der Waals surface area contributed by atoms with Crippen LogP contribution in [0.3, 0.4) is 0 Å². The Hall–Kier alpha value is -1.59. The molecule has 2 N–H and O–H groups in total. The molecule has 1 unspecified atom stereocenters. The smallest absolute Gasteiger partial charge is 0.338 e. The molecular weight excluding hydrogens is 282 g/mol. The van der Waals surface area contributed by atoms with Crippen LogP contribution in [-0.2, 0) is 14.3 Å². The van der Waals surface area contributed by atoms with Gasteiger partial charge in [0.05, 0.1) is 12.7 Å². The molecule has 0 saturated heterocycles. The number of hydrogen-bond donors (Lipinski definition) is 1. The van der Waals surface area contributed by atoms with Gasteiger partial charge in [-0.25, -0.2) is 9.59 Å². The Kier molecular flexibility index (Phi) is 5.14. The molecule has 20 heavy (non-hydrogen) atoms. The zero-order chi connectivity index (χ0) is 15.5. The third-order valence-electron chi connectivity index (χ3n) is 2.41. The third kappa shape index (κ3) is 4.21. The standard InChI is InChI=1S/C14H18ClNO4/c1-14(2,3)20-13(18)11(16)10-7-8(15)5-6-9(10)12(17)19-4/h5-7,11H,16H2,1-4H3. The number of halogens is 1. The average Bonchev–Trinajstić information content (AvgIpc) is 2.34. The van der Waals surface area contributed by atoms with Gasteiger partial charge in [-0.15, -0.1) is 0 Å². The lowest BCUT2D eigenvalue weighted by molar-refractivity contribution is -0.156. The minimum absolute atomic E-state index is 0.190. The lowest BCUT2D eigenvalue weighted by atomic mass is 10.0. The number of esters is 2. The Bertz CT molecular complexity index is 522. The highest BCUT2D eigenvalue weighted by atomic mass is 35.5. The molecule has 1 aromatic rings. The second-order valence-corrected chi connectivity index (χ2v) is 5.67. The molecule has 0 heterocycles. The summed E-state index contributed by atoms with van der Waals surface area (Å²) in [7, 11) is 1.25. The summed E-state index contributed by atoms with van der Waals surface area (Å²) in [5.41, 5.74) is 5.67. The van der Waals surface area contributed by atoms with Crippen molar-refractivity contribution in [2.45, 2.75) is 32.4 Å². The fraction of sp³-hybridized carbons (Fsp3) is 0.429. The summed E-state index contributed by atoms with van der Waals surface area (Å²) in [6.07, 6.45) is 0. The summed E-state index contributed by atoms with van der Waals surface area (Å²) < 4.78 is 9.86. The third-order valence-corrected chi connectivity index (χ3v) is 2.65. The molecule has 0 aliphatic carbocycles. The number of carbonyl (C=O) groups excluding carboxylic acids is 2. The van der Waals surface area contributed by atoms with E-state index < -0.39 is 23.6 Å². The lowest BCUT2D eigenvalue weighted by Crippen LogP contribution is -2.32. The van der Waals surface area contributed by atoms with Crippen LogP contribution in [0.15, 0.2) is 18.2 Å². The van der Waals surface area contributed by atoms with Crippen LogP contribution in [0.4, 0.5) is 0 Å². The second-order valence-electron chi connectivity index (χ2n) is 5.23. The normalized spacial score (nSPS) is 12.7. The van der Waals surface area contributed by atoms with Crippen molar-refractivity contribution in [1.29, 1.82) is 0 Å². The van der Waals surface area contributed by atoms with E-state index in [9.17, 15) is 9.59 Å². The molecule has 1 rings (SSSR count). The predicted octanol–water partition coefficient (Wildman–Crippen LogP) is 2.47. The van der Waals surface area contributed by atoms with Crippen molar-refractivity contribution in [3.05, 3.63) is 34.3 Å². The minimum atomic E-state index is -1.11. The topological polar surface area (TPSA) is 78.6 Å². The first-order valence-electron chi connectivity index (χ1n) is 6.02. The number of rotatable bonds is 3. The van der Waals surface area contributed by atoms with Gasteiger partial charge in [0.2, 0.25) is 0 Å². The van der Waals surface area contributed by atoms with Crippen molar-refractivity contribution in [2.75, 3.05) is 7.11 Å². The maximum atomic E-state index is 12.0. The number of carbonyl (C=O) groups is 2. The Balaban J connectivity index is 3.14. The number of hydrogen-bond acceptors (Lipinski definition) is 5. The van der Waals surface area contributed by atoms with E-state index in [2.05, 4.69) is 4.74 Å². The van der Waals surface area contributed by atoms with E-state index >= 15 is 0 Å². The summed E-state index contributed by atoms with van der Waals surface area (Å²) >= 11 is 5.89. The van der Waals surface area contributed by atoms with Crippen molar-refractivity contribution in [2.24, 2.45) is 5.73 Å². The van der Waals surface area contributed by atoms with E-state index in [4.69, 9.17) is 22.1 Å². The molecule has 0 spiro atoms. The number of benzene rings is 1. The van der Waals surface area contributed by atoms with Crippen molar-refractivity contribution in [3.8, 4) is 0 Å². The van der Waals surface area contributed by atoms with E-state index in [-0.39, 0.29) is 11.1 Å². The number of ether oxygens (including phenoxy) is 2. The predicted molar refractivity (Wildman–Crippen MR) is 75.6 cm³/mol. The summed E-state index contributed by atoms with van der Waals surface area (Å²) in [6, 6.07) is 3.34. The molecule has 0 aromatic heterocycles. The number of methoxy groups -OCH3 is 1. The summed E-state index contributed by atoms with van der Waals surface area (Å²) in [6.45, 7) is 5.20. The molecule has 5 nitrogen and oxygen atoms in total. The zero-order valence-electron chi connectivity index (χ0n) is 11.9. The average molecular weight is 300 g/mol. The SMILES string of the molecule is COC(=O)c1ccc(Cl)cc1C(N)C(=O)OC(C)(C)C. The molecule has 0 aliphatic rings. The van der Waals surface area contributed by atoms with Gasteiger partial charge in [-0.3, -0.25) is 0 Å². The van der Waals surface area contributed by atoms with Crippen LogP contribution in [-0.4, -0.2) is 24.6 Å². The molecule has 0 fully saturated rings. The molecular formula is C14H18ClNO4. The Morgan fingerprint density at radius 3 is 2.40 bits per heavy atom. The zero-order valence-corrected chi connectivity index (χ0v) is 12.7. The van der Waals surface area contributed by atoms with Crippen LogP contribution in [0.5, 0.6) is 0 Å². The molecule has 0 radical (unpaired) electrons. The van der Waals surface area contributed by atoms with Gasteiger partial charge in [0, 0.05) is 5.02 Å². The molecule has 6 heteroatoms. The van der Waals surface area contributed by atoms with Gasteiger partial charge in [-0.1, -0.05) is 11.6 Å². The number of nitrogens with two attached hydrogens (primary N) is 1. The molecule has 0 bridgehead atoms. The van der Waals surface area contributed by atoms with Gasteiger partial charge >= 0.3 is 11.9 Å². The largest absolute Gasteiger partial charge is 0.465 e. The van der Waals surface area contributed by atoms with Crippen LogP contribution in [0.2, 0.25) is 5.02 Å². The van der Waals surface area contributed by atoms with Gasteiger partial charge in [0.15, 0.2) is 0 Å². The first-order chi connectivity index (χ1) is 9.15. The van der Waals surface area contributed by atoms with Crippen molar-refractivity contribution < 1.29 is 19.1 Å². The minimum Gasteiger partial charge on any atom is -0.465 e. The van der Waals surface area contributed by atoms with Crippen LogP contribution in [0.25, 0.3) is 0 Å². The summed E-state index contributed by atoms with van der Waals surface area (Å²) in [5.74, 6) is -1.22. The molecule has 1 aromatic carbocycles. The van der Waals surface area contributed by atoms with E-state index in [1.54, 1.807) is 20.8 Å². The fourth-order valence-corrected chi connectivity index (χ4v) is 1.76. The van der Waals surface area contributed by atoms with Crippen molar-refractivity contribution >= 4 is 23.5 Å². The van der Waals surface area contributed by atoms with Crippen LogP contribution < -0.4 is 5.73 Å². The summed E-state index contributed by atoms with van der Waals surface area (Å²) in [5, 5.41) is 0.367. The Morgan fingerprint density at radius 2 is 1.90 bits per heavy atom. The monoisotopic (exact) mass is 299 g/mol. The lowest BCUT2D eigenvalue weighted by Gasteiger charge is -2.23. The van der Waals surface area contributed by atoms with Gasteiger partial charge < -0.3 is 15.2 Å². The molecule has 1 atom stereocenters. The second kappa shape index (κ2) is 6.24. The molecule has 110 valence electrons. The highest BCUT2D eigenvalue weighted by Crippen LogP contribution is 2.24. The van der Waals surface area contributed by atoms with Gasteiger partial charge in [-0.05, 0) is 44.5 Å². The van der Waals surface area contributed by atoms with Gasteiger partial charge in [-0.2, -0.15) is 0 Å². The van der Waals surface area contributed by atoms with Gasteiger partial charge in [0.1, 0.15) is 11.6 Å². The van der Waals surface area contributed by atoms with E-state index in [0.29, 0.717) is 5.02 Å².